The molecule has 1 aliphatic heterocycles. The van der Waals surface area contributed by atoms with Crippen molar-refractivity contribution in [3.05, 3.63) is 0 Å². The maximum Gasteiger partial charge on any atom is 0.312 e. The van der Waals surface area contributed by atoms with Gasteiger partial charge in [0.05, 0.1) is 6.10 Å². The second-order valence-electron chi connectivity index (χ2n) is 3.90. The van der Waals surface area contributed by atoms with Crippen molar-refractivity contribution in [1.29, 1.82) is 0 Å². The van der Waals surface area contributed by atoms with Gasteiger partial charge in [0.25, 0.3) is 0 Å². The minimum absolute atomic E-state index is 0.0707. The highest BCUT2D eigenvalue weighted by Gasteiger charge is 2.14. The van der Waals surface area contributed by atoms with Crippen molar-refractivity contribution in [3.8, 4) is 0 Å². The fraction of sp³-hybridized carbons (Fsp3) is 0.800. The maximum atomic E-state index is 11.3. The summed E-state index contributed by atoms with van der Waals surface area (Å²) >= 11 is 0. The second kappa shape index (κ2) is 7.86. The van der Waals surface area contributed by atoms with Crippen LogP contribution in [0.25, 0.3) is 0 Å². The fourth-order valence-corrected chi connectivity index (χ4v) is 1.59. The van der Waals surface area contributed by atoms with Crippen LogP contribution in [0, 0.1) is 0 Å². The summed E-state index contributed by atoms with van der Waals surface area (Å²) in [5.41, 5.74) is 4.87. The van der Waals surface area contributed by atoms with Crippen LogP contribution in [0.15, 0.2) is 0 Å². The van der Waals surface area contributed by atoms with Gasteiger partial charge in [-0.15, -0.1) is 0 Å². The normalized spacial score (nSPS) is 16.5. The predicted octanol–water partition coefficient (Wildman–Crippen LogP) is -1.46. The van der Waals surface area contributed by atoms with Crippen LogP contribution in [0.5, 0.6) is 0 Å². The maximum absolute atomic E-state index is 11.3. The molecule has 0 aliphatic carbocycles. The molecule has 0 aromatic heterocycles. The lowest BCUT2D eigenvalue weighted by atomic mass is 10.1. The van der Waals surface area contributed by atoms with Gasteiger partial charge in [-0.1, -0.05) is 0 Å². The average molecular weight is 244 g/mol. The molecule has 17 heavy (non-hydrogen) atoms. The fourth-order valence-electron chi connectivity index (χ4n) is 1.59. The number of ether oxygens (including phenoxy) is 1. The largest absolute Gasteiger partial charge is 0.368 e. The van der Waals surface area contributed by atoms with E-state index in [-0.39, 0.29) is 18.6 Å². The van der Waals surface area contributed by atoms with Gasteiger partial charge in [-0.05, 0) is 25.9 Å². The summed E-state index contributed by atoms with van der Waals surface area (Å²) in [5.74, 6) is -0.171. The zero-order valence-corrected chi connectivity index (χ0v) is 9.83. The van der Waals surface area contributed by atoms with Gasteiger partial charge >= 0.3 is 6.03 Å². The molecule has 7 heteroatoms. The molecule has 1 saturated heterocycles. The number of amides is 3. The number of rotatable bonds is 6. The Balaban J connectivity index is 1.98. The molecule has 3 amide bonds. The van der Waals surface area contributed by atoms with E-state index in [2.05, 4.69) is 16.0 Å². The van der Waals surface area contributed by atoms with Crippen LogP contribution in [0.4, 0.5) is 4.79 Å². The first-order valence-electron chi connectivity index (χ1n) is 5.81. The van der Waals surface area contributed by atoms with Gasteiger partial charge in [-0.2, -0.15) is 0 Å². The molecule has 0 saturated carbocycles. The Kier molecular flexibility index (Phi) is 6.34. The smallest absolute Gasteiger partial charge is 0.312 e. The van der Waals surface area contributed by atoms with Crippen LogP contribution in [0.2, 0.25) is 0 Å². The molecule has 0 radical (unpaired) electrons. The van der Waals surface area contributed by atoms with E-state index in [0.29, 0.717) is 13.1 Å². The van der Waals surface area contributed by atoms with Crippen LogP contribution in [0.3, 0.4) is 0 Å². The van der Waals surface area contributed by atoms with E-state index < -0.39 is 6.03 Å². The summed E-state index contributed by atoms with van der Waals surface area (Å²) in [5, 5.41) is 8.23. The van der Waals surface area contributed by atoms with Crippen LogP contribution in [0.1, 0.15) is 12.8 Å². The molecule has 0 bridgehead atoms. The van der Waals surface area contributed by atoms with E-state index in [9.17, 15) is 9.59 Å². The molecule has 1 heterocycles. The zero-order chi connectivity index (χ0) is 12.5. The summed E-state index contributed by atoms with van der Waals surface area (Å²) in [7, 11) is 0. The standard InChI is InChI=1S/C10H20N4O3/c11-10(16)14-6-5-13-9(15)7-17-8-1-3-12-4-2-8/h8,12H,1-7H2,(H,13,15)(H3,11,14,16). The Morgan fingerprint density at radius 1 is 1.24 bits per heavy atom. The van der Waals surface area contributed by atoms with Crippen molar-refractivity contribution >= 4 is 11.9 Å². The van der Waals surface area contributed by atoms with Gasteiger partial charge in [0.15, 0.2) is 0 Å². The first-order chi connectivity index (χ1) is 8.18. The van der Waals surface area contributed by atoms with Crippen LogP contribution < -0.4 is 21.7 Å². The number of nitrogens with one attached hydrogen (secondary N) is 3. The molecule has 1 aliphatic rings. The Morgan fingerprint density at radius 2 is 1.88 bits per heavy atom. The van der Waals surface area contributed by atoms with Gasteiger partial charge in [0, 0.05) is 13.1 Å². The third-order valence-corrected chi connectivity index (χ3v) is 2.48. The van der Waals surface area contributed by atoms with Gasteiger partial charge in [0.1, 0.15) is 6.61 Å². The lowest BCUT2D eigenvalue weighted by Crippen LogP contribution is -2.39. The van der Waals surface area contributed by atoms with E-state index in [4.69, 9.17) is 10.5 Å². The van der Waals surface area contributed by atoms with E-state index >= 15 is 0 Å². The van der Waals surface area contributed by atoms with Gasteiger partial charge < -0.3 is 26.4 Å². The lowest BCUT2D eigenvalue weighted by Gasteiger charge is -2.22. The highest BCUT2D eigenvalue weighted by molar-refractivity contribution is 5.77. The topological polar surface area (TPSA) is 105 Å². The quantitative estimate of drug-likeness (QED) is 0.428. The van der Waals surface area contributed by atoms with Crippen molar-refractivity contribution in [2.24, 2.45) is 5.73 Å². The minimum atomic E-state index is -0.592. The SMILES string of the molecule is NC(=O)NCCNC(=O)COC1CCNCC1. The van der Waals surface area contributed by atoms with Gasteiger partial charge in [-0.25, -0.2) is 4.79 Å². The number of hydrogen-bond donors (Lipinski definition) is 4. The average Bonchev–Trinajstić information content (AvgIpc) is 2.33. The van der Waals surface area contributed by atoms with Gasteiger partial charge in [0.2, 0.25) is 5.91 Å². The number of urea groups is 1. The second-order valence-corrected chi connectivity index (χ2v) is 3.90. The van der Waals surface area contributed by atoms with E-state index in [1.165, 1.54) is 0 Å². The monoisotopic (exact) mass is 244 g/mol. The Labute approximate surface area is 100 Å². The van der Waals surface area contributed by atoms with Gasteiger partial charge in [-0.3, -0.25) is 4.79 Å². The van der Waals surface area contributed by atoms with E-state index in [1.807, 2.05) is 0 Å². The number of carbonyl (C=O) groups excluding carboxylic acids is 2. The van der Waals surface area contributed by atoms with Crippen molar-refractivity contribution in [1.82, 2.24) is 16.0 Å². The molecule has 0 spiro atoms. The summed E-state index contributed by atoms with van der Waals surface area (Å²) < 4.78 is 5.46. The first-order valence-corrected chi connectivity index (χ1v) is 5.81. The Bertz CT molecular complexity index is 254. The summed E-state index contributed by atoms with van der Waals surface area (Å²) in [6.07, 6.45) is 2.05. The van der Waals surface area contributed by atoms with Crippen LogP contribution in [-0.4, -0.2) is 50.8 Å². The molecule has 98 valence electrons. The lowest BCUT2D eigenvalue weighted by molar-refractivity contribution is -0.128. The summed E-state index contributed by atoms with van der Waals surface area (Å²) in [4.78, 5) is 21.7. The third kappa shape index (κ3) is 6.75. The molecule has 7 nitrogen and oxygen atoms in total. The molecule has 0 atom stereocenters. The molecule has 0 aromatic rings. The molecule has 5 N–H and O–H groups in total. The first kappa shape index (κ1) is 13.7. The Morgan fingerprint density at radius 3 is 2.53 bits per heavy atom. The number of hydrogen-bond acceptors (Lipinski definition) is 4. The summed E-state index contributed by atoms with van der Waals surface area (Å²) in [6.45, 7) is 2.64. The van der Waals surface area contributed by atoms with E-state index in [1.54, 1.807) is 0 Å². The van der Waals surface area contributed by atoms with Crippen molar-refractivity contribution in [2.75, 3.05) is 32.8 Å². The van der Waals surface area contributed by atoms with Crippen LogP contribution >= 0.6 is 0 Å². The summed E-state index contributed by atoms with van der Waals surface area (Å²) in [6, 6.07) is -0.592. The Hall–Kier alpha value is -1.34. The van der Waals surface area contributed by atoms with E-state index in [0.717, 1.165) is 25.9 Å². The minimum Gasteiger partial charge on any atom is -0.368 e. The molecule has 0 unspecified atom stereocenters. The molecular weight excluding hydrogens is 224 g/mol. The van der Waals surface area contributed by atoms with Crippen LogP contribution in [-0.2, 0) is 9.53 Å². The number of nitrogens with two attached hydrogens (primary N) is 1. The zero-order valence-electron chi connectivity index (χ0n) is 9.83. The van der Waals surface area contributed by atoms with Crippen molar-refractivity contribution < 1.29 is 14.3 Å². The molecule has 0 aromatic carbocycles. The molecule has 1 rings (SSSR count). The number of piperidine rings is 1. The predicted molar refractivity (Wildman–Crippen MR) is 62.4 cm³/mol. The number of carbonyl (C=O) groups is 2. The molecule has 1 fully saturated rings. The third-order valence-electron chi connectivity index (χ3n) is 2.48. The highest BCUT2D eigenvalue weighted by atomic mass is 16.5. The highest BCUT2D eigenvalue weighted by Crippen LogP contribution is 2.06. The molecular formula is C10H20N4O3. The van der Waals surface area contributed by atoms with Crippen molar-refractivity contribution in [3.63, 3.8) is 0 Å². The van der Waals surface area contributed by atoms with Crippen molar-refractivity contribution in [2.45, 2.75) is 18.9 Å². The number of primary amides is 1.